The number of nitrogens with zero attached hydrogens (tertiary/aromatic N) is 1. The van der Waals surface area contributed by atoms with Crippen molar-refractivity contribution < 1.29 is 13.9 Å². The fourth-order valence-corrected chi connectivity index (χ4v) is 2.74. The van der Waals surface area contributed by atoms with E-state index >= 15 is 0 Å². The van der Waals surface area contributed by atoms with Crippen LogP contribution in [0.5, 0.6) is 5.75 Å². The molecule has 1 N–H and O–H groups in total. The van der Waals surface area contributed by atoms with Crippen molar-refractivity contribution in [3.63, 3.8) is 0 Å². The van der Waals surface area contributed by atoms with E-state index in [0.29, 0.717) is 23.1 Å². The number of nitrogens with one attached hydrogen (secondary N) is 1. The Morgan fingerprint density at radius 3 is 2.72 bits per heavy atom. The van der Waals surface area contributed by atoms with Crippen LogP contribution in [0, 0.1) is 5.92 Å². The first kappa shape index (κ1) is 17.0. The molecule has 0 saturated heterocycles. The lowest BCUT2D eigenvalue weighted by molar-refractivity contribution is 0.0924. The summed E-state index contributed by atoms with van der Waals surface area (Å²) < 4.78 is 11.1. The first-order valence-corrected chi connectivity index (χ1v) is 8.37. The molecule has 0 aliphatic rings. The van der Waals surface area contributed by atoms with Gasteiger partial charge in [0.2, 0.25) is 5.89 Å². The van der Waals surface area contributed by atoms with Crippen molar-refractivity contribution in [2.45, 2.75) is 26.3 Å². The normalized spacial score (nSPS) is 12.3. The zero-order valence-corrected chi connectivity index (χ0v) is 14.7. The number of carbonyl (C=O) groups excluding carboxylic acids is 1. The SMILES string of the molecule is COc1cccc(C(=O)N[C@@H](CC(C)C)c2nc3ccccc3o2)c1. The molecule has 5 nitrogen and oxygen atoms in total. The molecular weight excluding hydrogens is 316 g/mol. The van der Waals surface area contributed by atoms with Gasteiger partial charge in [0.05, 0.1) is 7.11 Å². The summed E-state index contributed by atoms with van der Waals surface area (Å²) in [6.07, 6.45) is 0.739. The molecule has 0 aliphatic heterocycles. The number of rotatable bonds is 6. The molecule has 0 unspecified atom stereocenters. The Hall–Kier alpha value is -2.82. The molecule has 1 heterocycles. The van der Waals surface area contributed by atoms with Gasteiger partial charge in [0.15, 0.2) is 5.58 Å². The highest BCUT2D eigenvalue weighted by Gasteiger charge is 2.22. The van der Waals surface area contributed by atoms with Crippen molar-refractivity contribution >= 4 is 17.0 Å². The lowest BCUT2D eigenvalue weighted by atomic mass is 10.0. The summed E-state index contributed by atoms with van der Waals surface area (Å²) in [5.41, 5.74) is 2.06. The van der Waals surface area contributed by atoms with E-state index in [4.69, 9.17) is 9.15 Å². The third kappa shape index (κ3) is 3.99. The highest BCUT2D eigenvalue weighted by Crippen LogP contribution is 2.25. The maximum atomic E-state index is 12.7. The predicted molar refractivity (Wildman–Crippen MR) is 96.7 cm³/mol. The monoisotopic (exact) mass is 338 g/mol. The Kier molecular flexibility index (Phi) is 5.03. The lowest BCUT2D eigenvalue weighted by Crippen LogP contribution is -2.29. The summed E-state index contributed by atoms with van der Waals surface area (Å²) >= 11 is 0. The van der Waals surface area contributed by atoms with Crippen LogP contribution in [0.25, 0.3) is 11.1 Å². The van der Waals surface area contributed by atoms with Gasteiger partial charge in [0.1, 0.15) is 17.3 Å². The van der Waals surface area contributed by atoms with Gasteiger partial charge < -0.3 is 14.5 Å². The molecule has 0 saturated carbocycles. The van der Waals surface area contributed by atoms with E-state index in [2.05, 4.69) is 24.1 Å². The van der Waals surface area contributed by atoms with Crippen LogP contribution in [0.1, 0.15) is 42.6 Å². The number of fused-ring (bicyclic) bond motifs is 1. The summed E-state index contributed by atoms with van der Waals surface area (Å²) in [5.74, 6) is 1.39. The minimum atomic E-state index is -0.286. The van der Waals surface area contributed by atoms with E-state index in [1.54, 1.807) is 25.3 Å². The van der Waals surface area contributed by atoms with Crippen molar-refractivity contribution in [2.24, 2.45) is 5.92 Å². The number of hydrogen-bond acceptors (Lipinski definition) is 4. The Morgan fingerprint density at radius 1 is 1.20 bits per heavy atom. The molecule has 1 aromatic heterocycles. The number of amides is 1. The number of carbonyl (C=O) groups is 1. The Bertz CT molecular complexity index is 837. The molecular formula is C20H22N2O3. The standard InChI is InChI=1S/C20H22N2O3/c1-13(2)11-17(20-22-16-9-4-5-10-18(16)25-20)21-19(23)14-7-6-8-15(12-14)24-3/h4-10,12-13,17H,11H2,1-3H3,(H,21,23)/t17-/m0/s1. The van der Waals surface area contributed by atoms with E-state index in [-0.39, 0.29) is 11.9 Å². The molecule has 0 radical (unpaired) electrons. The highest BCUT2D eigenvalue weighted by atomic mass is 16.5. The smallest absolute Gasteiger partial charge is 0.252 e. The van der Waals surface area contributed by atoms with Gasteiger partial charge in [0.25, 0.3) is 5.91 Å². The van der Waals surface area contributed by atoms with Crippen molar-refractivity contribution in [3.05, 3.63) is 60.0 Å². The second-order valence-corrected chi connectivity index (χ2v) is 6.41. The van der Waals surface area contributed by atoms with Gasteiger partial charge >= 0.3 is 0 Å². The van der Waals surface area contributed by atoms with Crippen LogP contribution in [0.3, 0.4) is 0 Å². The Morgan fingerprint density at radius 2 is 2.00 bits per heavy atom. The van der Waals surface area contributed by atoms with Crippen LogP contribution in [0.4, 0.5) is 0 Å². The Labute approximate surface area is 147 Å². The number of methoxy groups -OCH3 is 1. The van der Waals surface area contributed by atoms with Crippen molar-refractivity contribution in [3.8, 4) is 5.75 Å². The third-order valence-electron chi connectivity index (χ3n) is 3.95. The average molecular weight is 338 g/mol. The molecule has 25 heavy (non-hydrogen) atoms. The molecule has 0 bridgehead atoms. The fraction of sp³-hybridized carbons (Fsp3) is 0.300. The van der Waals surface area contributed by atoms with E-state index in [9.17, 15) is 4.79 Å². The predicted octanol–water partition coefficient (Wildman–Crippen LogP) is 4.35. The molecule has 3 rings (SSSR count). The number of aromatic nitrogens is 1. The van der Waals surface area contributed by atoms with E-state index in [0.717, 1.165) is 17.5 Å². The molecule has 0 aliphatic carbocycles. The van der Waals surface area contributed by atoms with Crippen LogP contribution >= 0.6 is 0 Å². The lowest BCUT2D eigenvalue weighted by Gasteiger charge is -2.18. The van der Waals surface area contributed by atoms with E-state index in [1.165, 1.54) is 0 Å². The van der Waals surface area contributed by atoms with Crippen molar-refractivity contribution in [2.75, 3.05) is 7.11 Å². The summed E-state index contributed by atoms with van der Waals surface area (Å²) in [5, 5.41) is 3.04. The topological polar surface area (TPSA) is 64.4 Å². The van der Waals surface area contributed by atoms with Crippen LogP contribution in [-0.2, 0) is 0 Å². The van der Waals surface area contributed by atoms with Gasteiger partial charge in [-0.25, -0.2) is 4.98 Å². The summed E-state index contributed by atoms with van der Waals surface area (Å²) in [6, 6.07) is 14.4. The second-order valence-electron chi connectivity index (χ2n) is 6.41. The van der Waals surface area contributed by atoms with Crippen LogP contribution in [0.15, 0.2) is 52.9 Å². The van der Waals surface area contributed by atoms with Gasteiger partial charge in [-0.2, -0.15) is 0 Å². The number of para-hydroxylation sites is 2. The molecule has 3 aromatic rings. The zero-order valence-electron chi connectivity index (χ0n) is 14.7. The highest BCUT2D eigenvalue weighted by molar-refractivity contribution is 5.94. The molecule has 0 fully saturated rings. The number of hydrogen-bond donors (Lipinski definition) is 1. The van der Waals surface area contributed by atoms with Crippen LogP contribution in [0.2, 0.25) is 0 Å². The first-order valence-electron chi connectivity index (χ1n) is 8.37. The minimum absolute atomic E-state index is 0.174. The maximum absolute atomic E-state index is 12.7. The Balaban J connectivity index is 1.86. The summed E-state index contributed by atoms with van der Waals surface area (Å²) in [7, 11) is 1.58. The van der Waals surface area contributed by atoms with E-state index < -0.39 is 0 Å². The van der Waals surface area contributed by atoms with Crippen molar-refractivity contribution in [1.29, 1.82) is 0 Å². The van der Waals surface area contributed by atoms with Gasteiger partial charge in [-0.1, -0.05) is 32.0 Å². The quantitative estimate of drug-likeness (QED) is 0.725. The largest absolute Gasteiger partial charge is 0.497 e. The van der Waals surface area contributed by atoms with Crippen LogP contribution in [-0.4, -0.2) is 18.0 Å². The number of oxazole rings is 1. The molecule has 5 heteroatoms. The summed E-state index contributed by atoms with van der Waals surface area (Å²) in [4.78, 5) is 17.2. The number of benzene rings is 2. The number of ether oxygens (including phenoxy) is 1. The minimum Gasteiger partial charge on any atom is -0.497 e. The third-order valence-corrected chi connectivity index (χ3v) is 3.95. The molecule has 0 spiro atoms. The van der Waals surface area contributed by atoms with Crippen LogP contribution < -0.4 is 10.1 Å². The molecule has 1 amide bonds. The van der Waals surface area contributed by atoms with Gasteiger partial charge in [-0.15, -0.1) is 0 Å². The van der Waals surface area contributed by atoms with Gasteiger partial charge in [-0.05, 0) is 42.7 Å². The molecule has 130 valence electrons. The van der Waals surface area contributed by atoms with Gasteiger partial charge in [-0.3, -0.25) is 4.79 Å². The molecule has 2 aromatic carbocycles. The first-order chi connectivity index (χ1) is 12.1. The second kappa shape index (κ2) is 7.38. The van der Waals surface area contributed by atoms with E-state index in [1.807, 2.05) is 30.3 Å². The summed E-state index contributed by atoms with van der Waals surface area (Å²) in [6.45, 7) is 4.21. The van der Waals surface area contributed by atoms with Crippen molar-refractivity contribution in [1.82, 2.24) is 10.3 Å². The zero-order chi connectivity index (χ0) is 17.8. The molecule has 1 atom stereocenters. The average Bonchev–Trinajstić information content (AvgIpc) is 3.05. The fourth-order valence-electron chi connectivity index (χ4n) is 2.74. The van der Waals surface area contributed by atoms with Gasteiger partial charge in [0, 0.05) is 5.56 Å². The maximum Gasteiger partial charge on any atom is 0.252 e.